The van der Waals surface area contributed by atoms with Crippen LogP contribution in [0.4, 0.5) is 13.2 Å². The summed E-state index contributed by atoms with van der Waals surface area (Å²) in [5.74, 6) is 0.507. The van der Waals surface area contributed by atoms with Crippen LogP contribution in [0, 0.1) is 11.8 Å². The molecule has 7 heteroatoms. The molecule has 0 aliphatic heterocycles. The van der Waals surface area contributed by atoms with Gasteiger partial charge in [-0.25, -0.2) is 4.98 Å². The van der Waals surface area contributed by atoms with Crippen LogP contribution >= 0.6 is 0 Å². The summed E-state index contributed by atoms with van der Waals surface area (Å²) in [6, 6.07) is 5.84. The molecule has 0 unspecified atom stereocenters. The number of rotatable bonds is 6. The molecule has 3 aromatic rings. The number of alkyl halides is 3. The normalized spacial score (nSPS) is 13.3. The first kappa shape index (κ1) is 19.2. The Bertz CT molecular complexity index is 918. The standard InChI is InChI=1S/C20H22F3N3O/c1-12(2)8-13(3)11-27-18-5-4-14(9-17(18)20(21,22)23)15-6-7-24-19-16(15)10-25-26-19/h4-7,9-10,12-13H,8,11H2,1-3H3,(H,24,25,26)/t13-/m1/s1. The molecule has 0 fully saturated rings. The van der Waals surface area contributed by atoms with Gasteiger partial charge in [0.2, 0.25) is 0 Å². The molecule has 0 saturated heterocycles. The summed E-state index contributed by atoms with van der Waals surface area (Å²) in [4.78, 5) is 4.12. The van der Waals surface area contributed by atoms with Gasteiger partial charge in [0.15, 0.2) is 5.65 Å². The van der Waals surface area contributed by atoms with Gasteiger partial charge in [-0.2, -0.15) is 18.3 Å². The van der Waals surface area contributed by atoms with Crippen molar-refractivity contribution >= 4 is 11.0 Å². The average molecular weight is 377 g/mol. The van der Waals surface area contributed by atoms with Gasteiger partial charge in [0.1, 0.15) is 5.75 Å². The number of ether oxygens (including phenoxy) is 1. The third kappa shape index (κ3) is 4.40. The Morgan fingerprint density at radius 2 is 1.93 bits per heavy atom. The second-order valence-corrected chi connectivity index (χ2v) is 7.25. The number of nitrogens with zero attached hydrogens (tertiary/aromatic N) is 2. The van der Waals surface area contributed by atoms with E-state index >= 15 is 0 Å². The van der Waals surface area contributed by atoms with Crippen LogP contribution in [0.1, 0.15) is 32.8 Å². The van der Waals surface area contributed by atoms with E-state index in [0.29, 0.717) is 28.1 Å². The minimum absolute atomic E-state index is 0.139. The lowest BCUT2D eigenvalue weighted by atomic mass is 9.99. The van der Waals surface area contributed by atoms with Crippen LogP contribution in [0.5, 0.6) is 5.75 Å². The first-order valence-electron chi connectivity index (χ1n) is 8.88. The van der Waals surface area contributed by atoms with Crippen molar-refractivity contribution in [3.63, 3.8) is 0 Å². The molecule has 2 aromatic heterocycles. The predicted molar refractivity (Wildman–Crippen MR) is 98.4 cm³/mol. The lowest BCUT2D eigenvalue weighted by molar-refractivity contribution is -0.139. The fourth-order valence-corrected chi connectivity index (χ4v) is 3.25. The number of hydrogen-bond acceptors (Lipinski definition) is 3. The maximum Gasteiger partial charge on any atom is 0.419 e. The number of halogens is 3. The van der Waals surface area contributed by atoms with Gasteiger partial charge < -0.3 is 4.74 Å². The highest BCUT2D eigenvalue weighted by Gasteiger charge is 2.35. The van der Waals surface area contributed by atoms with Crippen LogP contribution in [0.15, 0.2) is 36.7 Å². The third-order valence-electron chi connectivity index (χ3n) is 4.35. The molecule has 144 valence electrons. The number of nitrogens with one attached hydrogen (secondary N) is 1. The molecule has 0 bridgehead atoms. The van der Waals surface area contributed by atoms with E-state index in [4.69, 9.17) is 4.74 Å². The molecule has 1 aromatic carbocycles. The quantitative estimate of drug-likeness (QED) is 0.599. The minimum Gasteiger partial charge on any atom is -0.493 e. The maximum absolute atomic E-state index is 13.6. The van der Waals surface area contributed by atoms with Gasteiger partial charge in [0.25, 0.3) is 0 Å². The number of benzene rings is 1. The fourth-order valence-electron chi connectivity index (χ4n) is 3.25. The summed E-state index contributed by atoms with van der Waals surface area (Å²) in [6.45, 7) is 6.39. The molecule has 1 atom stereocenters. The van der Waals surface area contributed by atoms with Crippen LogP contribution < -0.4 is 4.74 Å². The first-order chi connectivity index (χ1) is 12.8. The van der Waals surface area contributed by atoms with Crippen LogP contribution in [0.2, 0.25) is 0 Å². The van der Waals surface area contributed by atoms with Crippen molar-refractivity contribution in [2.45, 2.75) is 33.4 Å². The summed E-state index contributed by atoms with van der Waals surface area (Å²) < 4.78 is 46.4. The van der Waals surface area contributed by atoms with Crippen molar-refractivity contribution in [1.29, 1.82) is 0 Å². The zero-order valence-electron chi connectivity index (χ0n) is 15.5. The maximum atomic E-state index is 13.6. The first-order valence-corrected chi connectivity index (χ1v) is 8.88. The van der Waals surface area contributed by atoms with Crippen molar-refractivity contribution in [3.8, 4) is 16.9 Å². The van der Waals surface area contributed by atoms with E-state index in [9.17, 15) is 13.2 Å². The summed E-state index contributed by atoms with van der Waals surface area (Å²) in [6.07, 6.45) is -0.506. The van der Waals surface area contributed by atoms with Gasteiger partial charge in [-0.05, 0) is 47.6 Å². The van der Waals surface area contributed by atoms with Crippen molar-refractivity contribution in [3.05, 3.63) is 42.2 Å². The van der Waals surface area contributed by atoms with Gasteiger partial charge in [0, 0.05) is 11.6 Å². The Morgan fingerprint density at radius 1 is 1.15 bits per heavy atom. The number of hydrogen-bond donors (Lipinski definition) is 1. The second kappa shape index (κ2) is 7.58. The number of H-pyrrole nitrogens is 1. The van der Waals surface area contributed by atoms with Gasteiger partial charge in [0.05, 0.1) is 18.4 Å². The molecular weight excluding hydrogens is 355 g/mol. The largest absolute Gasteiger partial charge is 0.493 e. The monoisotopic (exact) mass is 377 g/mol. The Balaban J connectivity index is 1.94. The lowest BCUT2D eigenvalue weighted by Crippen LogP contribution is -2.14. The highest BCUT2D eigenvalue weighted by Crippen LogP contribution is 2.40. The Labute approximate surface area is 155 Å². The van der Waals surface area contributed by atoms with Crippen molar-refractivity contribution in [1.82, 2.24) is 15.2 Å². The summed E-state index contributed by atoms with van der Waals surface area (Å²) in [5, 5.41) is 7.31. The zero-order valence-corrected chi connectivity index (χ0v) is 15.5. The van der Waals surface area contributed by atoms with E-state index in [0.717, 1.165) is 12.5 Å². The van der Waals surface area contributed by atoms with Crippen molar-refractivity contribution < 1.29 is 17.9 Å². The van der Waals surface area contributed by atoms with E-state index in [1.165, 1.54) is 6.07 Å². The van der Waals surface area contributed by atoms with E-state index in [2.05, 4.69) is 29.0 Å². The number of aromatic nitrogens is 3. The number of pyridine rings is 1. The Morgan fingerprint density at radius 3 is 2.63 bits per heavy atom. The predicted octanol–water partition coefficient (Wildman–Crippen LogP) is 5.70. The molecule has 0 amide bonds. The highest BCUT2D eigenvalue weighted by molar-refractivity contribution is 5.92. The average Bonchev–Trinajstić information content (AvgIpc) is 3.07. The van der Waals surface area contributed by atoms with Crippen LogP contribution in [0.25, 0.3) is 22.2 Å². The van der Waals surface area contributed by atoms with Gasteiger partial charge in [-0.15, -0.1) is 0 Å². The molecule has 0 aliphatic rings. The molecule has 0 radical (unpaired) electrons. The Kier molecular flexibility index (Phi) is 5.39. The van der Waals surface area contributed by atoms with E-state index in [1.54, 1.807) is 24.5 Å². The summed E-state index contributed by atoms with van der Waals surface area (Å²) in [7, 11) is 0. The third-order valence-corrected chi connectivity index (χ3v) is 4.35. The van der Waals surface area contributed by atoms with Crippen LogP contribution in [-0.4, -0.2) is 21.8 Å². The summed E-state index contributed by atoms with van der Waals surface area (Å²) >= 11 is 0. The summed E-state index contributed by atoms with van der Waals surface area (Å²) in [5.41, 5.74) is 0.840. The molecule has 0 spiro atoms. The molecule has 27 heavy (non-hydrogen) atoms. The van der Waals surface area contributed by atoms with Crippen molar-refractivity contribution in [2.75, 3.05) is 6.61 Å². The van der Waals surface area contributed by atoms with Crippen LogP contribution in [-0.2, 0) is 6.18 Å². The molecule has 2 heterocycles. The molecular formula is C20H22F3N3O. The smallest absolute Gasteiger partial charge is 0.419 e. The Hall–Kier alpha value is -2.57. The van der Waals surface area contributed by atoms with Gasteiger partial charge >= 0.3 is 6.18 Å². The number of fused-ring (bicyclic) bond motifs is 1. The molecule has 0 saturated carbocycles. The second-order valence-electron chi connectivity index (χ2n) is 7.25. The van der Waals surface area contributed by atoms with E-state index < -0.39 is 11.7 Å². The van der Waals surface area contributed by atoms with Crippen LogP contribution in [0.3, 0.4) is 0 Å². The minimum atomic E-state index is -4.50. The molecule has 4 nitrogen and oxygen atoms in total. The highest BCUT2D eigenvalue weighted by atomic mass is 19.4. The molecule has 0 aliphatic carbocycles. The van der Waals surface area contributed by atoms with E-state index in [1.807, 2.05) is 6.92 Å². The van der Waals surface area contributed by atoms with Gasteiger partial charge in [-0.3, -0.25) is 5.10 Å². The van der Waals surface area contributed by atoms with Crippen molar-refractivity contribution in [2.24, 2.45) is 11.8 Å². The lowest BCUT2D eigenvalue weighted by Gasteiger charge is -2.19. The van der Waals surface area contributed by atoms with Gasteiger partial charge in [-0.1, -0.05) is 26.8 Å². The van der Waals surface area contributed by atoms with E-state index in [-0.39, 0.29) is 18.3 Å². The molecule has 1 N–H and O–H groups in total. The topological polar surface area (TPSA) is 50.8 Å². The fraction of sp³-hybridized carbons (Fsp3) is 0.400. The number of aromatic amines is 1. The zero-order chi connectivity index (χ0) is 19.6. The molecule has 3 rings (SSSR count). The SMILES string of the molecule is CC(C)C[C@@H](C)COc1ccc(-c2ccnc3[nH]ncc23)cc1C(F)(F)F.